The first-order valence-electron chi connectivity index (χ1n) is 5.50. The number of fused-ring (bicyclic) bond motifs is 1. The summed E-state index contributed by atoms with van der Waals surface area (Å²) in [6.45, 7) is 1.59. The highest BCUT2D eigenvalue weighted by molar-refractivity contribution is 7.85. The fraction of sp³-hybridized carbons (Fsp3) is 0.364. The van der Waals surface area contributed by atoms with E-state index in [0.29, 0.717) is 5.65 Å². The van der Waals surface area contributed by atoms with E-state index >= 15 is 0 Å². The molecule has 0 spiro atoms. The van der Waals surface area contributed by atoms with Crippen LogP contribution in [-0.4, -0.2) is 43.8 Å². The molecule has 3 heterocycles. The monoisotopic (exact) mass is 248 g/mol. The molecule has 17 heavy (non-hydrogen) atoms. The summed E-state index contributed by atoms with van der Waals surface area (Å²) in [7, 11) is -0.659. The smallest absolute Gasteiger partial charge is 0.180 e. The molecular formula is C11H12N4OS. The molecule has 0 saturated carbocycles. The van der Waals surface area contributed by atoms with Crippen LogP contribution in [0.2, 0.25) is 0 Å². The van der Waals surface area contributed by atoms with E-state index in [9.17, 15) is 4.21 Å². The number of pyridine rings is 1. The van der Waals surface area contributed by atoms with Gasteiger partial charge in [0.1, 0.15) is 11.3 Å². The van der Waals surface area contributed by atoms with E-state index < -0.39 is 10.8 Å². The number of anilines is 1. The molecule has 0 atom stereocenters. The van der Waals surface area contributed by atoms with Crippen LogP contribution in [0.15, 0.2) is 24.5 Å². The van der Waals surface area contributed by atoms with Gasteiger partial charge in [-0.1, -0.05) is 0 Å². The summed E-state index contributed by atoms with van der Waals surface area (Å²) in [6, 6.07) is 3.88. The normalized spacial score (nSPS) is 17.5. The van der Waals surface area contributed by atoms with Crippen LogP contribution in [-0.2, 0) is 10.8 Å². The van der Waals surface area contributed by atoms with Gasteiger partial charge < -0.3 is 4.90 Å². The van der Waals surface area contributed by atoms with Crippen molar-refractivity contribution in [3.8, 4) is 0 Å². The number of aromatic nitrogens is 3. The first-order chi connectivity index (χ1) is 8.33. The lowest BCUT2D eigenvalue weighted by Gasteiger charge is -2.27. The van der Waals surface area contributed by atoms with Gasteiger partial charge in [-0.3, -0.25) is 9.19 Å². The number of hydrogen-bond acceptors (Lipinski definition) is 5. The van der Waals surface area contributed by atoms with Crippen molar-refractivity contribution >= 4 is 27.8 Å². The fourth-order valence-electron chi connectivity index (χ4n) is 1.89. The minimum atomic E-state index is -0.659. The summed E-state index contributed by atoms with van der Waals surface area (Å²) < 4.78 is 11.3. The van der Waals surface area contributed by atoms with Gasteiger partial charge in [0.2, 0.25) is 0 Å². The van der Waals surface area contributed by atoms with Crippen molar-refractivity contribution < 1.29 is 4.21 Å². The van der Waals surface area contributed by atoms with Crippen LogP contribution >= 0.6 is 0 Å². The van der Waals surface area contributed by atoms with Crippen LogP contribution in [0, 0.1) is 0 Å². The lowest BCUT2D eigenvalue weighted by molar-refractivity contribution is 0.672. The maximum Gasteiger partial charge on any atom is 0.180 e. The molecule has 88 valence electrons. The van der Waals surface area contributed by atoms with Crippen molar-refractivity contribution in [1.82, 2.24) is 15.0 Å². The van der Waals surface area contributed by atoms with E-state index in [-0.39, 0.29) is 0 Å². The molecule has 0 unspecified atom stereocenters. The predicted molar refractivity (Wildman–Crippen MR) is 67.4 cm³/mol. The number of nitrogens with zero attached hydrogens (tertiary/aromatic N) is 4. The van der Waals surface area contributed by atoms with Crippen LogP contribution < -0.4 is 4.90 Å². The van der Waals surface area contributed by atoms with E-state index in [0.717, 1.165) is 35.9 Å². The third kappa shape index (κ3) is 2.12. The minimum absolute atomic E-state index is 0.659. The van der Waals surface area contributed by atoms with Gasteiger partial charge in [-0.25, -0.2) is 9.97 Å². The maximum absolute atomic E-state index is 11.3. The largest absolute Gasteiger partial charge is 0.355 e. The molecule has 5 nitrogen and oxygen atoms in total. The third-order valence-corrected chi connectivity index (χ3v) is 4.09. The van der Waals surface area contributed by atoms with Crippen LogP contribution in [0.4, 0.5) is 5.82 Å². The average molecular weight is 248 g/mol. The van der Waals surface area contributed by atoms with Gasteiger partial charge in [0.05, 0.1) is 0 Å². The second-order valence-corrected chi connectivity index (χ2v) is 5.60. The Kier molecular flexibility index (Phi) is 2.72. The van der Waals surface area contributed by atoms with Gasteiger partial charge in [-0.15, -0.1) is 0 Å². The van der Waals surface area contributed by atoms with Gasteiger partial charge in [0, 0.05) is 47.8 Å². The first kappa shape index (κ1) is 10.6. The molecule has 0 radical (unpaired) electrons. The summed E-state index contributed by atoms with van der Waals surface area (Å²) in [4.78, 5) is 15.0. The highest BCUT2D eigenvalue weighted by atomic mass is 32.2. The molecule has 2 aromatic heterocycles. The van der Waals surface area contributed by atoms with Crippen LogP contribution in [0.5, 0.6) is 0 Å². The molecule has 0 aromatic carbocycles. The Labute approximate surface area is 101 Å². The van der Waals surface area contributed by atoms with Crippen LogP contribution in [0.25, 0.3) is 11.2 Å². The molecule has 2 aromatic rings. The standard InChI is InChI=1S/C11H12N4OS/c16-17-7-5-15(6-8-17)10-2-1-9-11(14-10)13-4-3-12-9/h1-4H,5-8H2. The highest BCUT2D eigenvalue weighted by Crippen LogP contribution is 2.16. The SMILES string of the molecule is O=S1CCN(c2ccc3nccnc3n2)CC1. The number of rotatable bonds is 1. The van der Waals surface area contributed by atoms with Gasteiger partial charge in [0.15, 0.2) is 5.65 Å². The van der Waals surface area contributed by atoms with Crippen molar-refractivity contribution in [2.24, 2.45) is 0 Å². The molecule has 3 rings (SSSR count). The molecule has 0 aliphatic carbocycles. The van der Waals surface area contributed by atoms with Crippen LogP contribution in [0.1, 0.15) is 0 Å². The Morgan fingerprint density at radius 3 is 2.71 bits per heavy atom. The second kappa shape index (κ2) is 4.37. The molecule has 0 amide bonds. The quantitative estimate of drug-likeness (QED) is 0.739. The van der Waals surface area contributed by atoms with Crippen molar-refractivity contribution in [2.45, 2.75) is 0 Å². The van der Waals surface area contributed by atoms with Crippen molar-refractivity contribution in [2.75, 3.05) is 29.5 Å². The highest BCUT2D eigenvalue weighted by Gasteiger charge is 2.16. The molecule has 1 aliphatic heterocycles. The maximum atomic E-state index is 11.3. The lowest BCUT2D eigenvalue weighted by atomic mass is 10.3. The van der Waals surface area contributed by atoms with Gasteiger partial charge >= 0.3 is 0 Å². The molecular weight excluding hydrogens is 236 g/mol. The third-order valence-electron chi connectivity index (χ3n) is 2.82. The zero-order chi connectivity index (χ0) is 11.7. The van der Waals surface area contributed by atoms with E-state index in [1.54, 1.807) is 12.4 Å². The molecule has 1 saturated heterocycles. The van der Waals surface area contributed by atoms with Crippen molar-refractivity contribution in [1.29, 1.82) is 0 Å². The summed E-state index contributed by atoms with van der Waals surface area (Å²) in [5.41, 5.74) is 1.47. The van der Waals surface area contributed by atoms with E-state index in [4.69, 9.17) is 0 Å². The van der Waals surface area contributed by atoms with Crippen molar-refractivity contribution in [3.63, 3.8) is 0 Å². The average Bonchev–Trinajstić information content (AvgIpc) is 2.39. The second-order valence-electron chi connectivity index (χ2n) is 3.90. The van der Waals surface area contributed by atoms with Crippen LogP contribution in [0.3, 0.4) is 0 Å². The summed E-state index contributed by atoms with van der Waals surface area (Å²) in [5.74, 6) is 2.34. The Bertz CT molecular complexity index is 564. The summed E-state index contributed by atoms with van der Waals surface area (Å²) in [5, 5.41) is 0. The van der Waals surface area contributed by atoms with E-state index in [2.05, 4.69) is 19.9 Å². The molecule has 1 aliphatic rings. The zero-order valence-electron chi connectivity index (χ0n) is 9.24. The molecule has 0 bridgehead atoms. The predicted octanol–water partition coefficient (Wildman–Crippen LogP) is 0.594. The van der Waals surface area contributed by atoms with Gasteiger partial charge in [-0.05, 0) is 12.1 Å². The summed E-state index contributed by atoms with van der Waals surface area (Å²) in [6.07, 6.45) is 3.30. The Balaban J connectivity index is 1.92. The van der Waals surface area contributed by atoms with Crippen molar-refractivity contribution in [3.05, 3.63) is 24.5 Å². The first-order valence-corrected chi connectivity index (χ1v) is 6.99. The van der Waals surface area contributed by atoms with Gasteiger partial charge in [0.25, 0.3) is 0 Å². The molecule has 6 heteroatoms. The molecule has 1 fully saturated rings. The van der Waals surface area contributed by atoms with E-state index in [1.165, 1.54) is 0 Å². The zero-order valence-corrected chi connectivity index (χ0v) is 10.1. The fourth-order valence-corrected chi connectivity index (χ4v) is 2.94. The Hall–Kier alpha value is -1.56. The lowest BCUT2D eigenvalue weighted by Crippen LogP contribution is -2.38. The minimum Gasteiger partial charge on any atom is -0.355 e. The number of hydrogen-bond donors (Lipinski definition) is 0. The Morgan fingerprint density at radius 2 is 1.88 bits per heavy atom. The topological polar surface area (TPSA) is 59.0 Å². The van der Waals surface area contributed by atoms with Gasteiger partial charge in [-0.2, -0.15) is 0 Å². The Morgan fingerprint density at radius 1 is 1.12 bits per heavy atom. The molecule has 0 N–H and O–H groups in total. The van der Waals surface area contributed by atoms with E-state index in [1.807, 2.05) is 12.1 Å². The summed E-state index contributed by atoms with van der Waals surface area (Å²) >= 11 is 0.